The van der Waals surface area contributed by atoms with E-state index in [0.717, 1.165) is 13.0 Å². The van der Waals surface area contributed by atoms with E-state index in [-0.39, 0.29) is 11.0 Å². The van der Waals surface area contributed by atoms with Gasteiger partial charge in [0, 0.05) is 11.8 Å². The summed E-state index contributed by atoms with van der Waals surface area (Å²) >= 11 is 1.84. The molecule has 0 bridgehead atoms. The molecule has 0 aliphatic rings. The second-order valence-corrected chi connectivity index (χ2v) is 7.95. The lowest BCUT2D eigenvalue weighted by Gasteiger charge is -2.10. The molecule has 0 amide bonds. The van der Waals surface area contributed by atoms with E-state index in [0.29, 0.717) is 11.8 Å². The van der Waals surface area contributed by atoms with Crippen LogP contribution in [-0.2, 0) is 9.84 Å². The maximum atomic E-state index is 11.4. The highest BCUT2D eigenvalue weighted by Gasteiger charge is 2.14. The number of hydrogen-bond acceptors (Lipinski definition) is 4. The Balaban J connectivity index is 3.56. The molecule has 92 valence electrons. The number of hydrogen-bond donors (Lipinski definition) is 1. The SMILES string of the molecule is CSC(C)CCNCCS(=O)(=O)C(C)C. The molecule has 0 saturated heterocycles. The maximum Gasteiger partial charge on any atom is 0.153 e. The van der Waals surface area contributed by atoms with Crippen LogP contribution in [-0.4, -0.2) is 44.0 Å². The highest BCUT2D eigenvalue weighted by Crippen LogP contribution is 2.07. The van der Waals surface area contributed by atoms with E-state index in [2.05, 4.69) is 18.5 Å². The summed E-state index contributed by atoms with van der Waals surface area (Å²) in [4.78, 5) is 0. The fraction of sp³-hybridized carbons (Fsp3) is 1.00. The van der Waals surface area contributed by atoms with Gasteiger partial charge in [0.25, 0.3) is 0 Å². The third-order valence-corrected chi connectivity index (χ3v) is 5.66. The number of sulfone groups is 1. The molecule has 1 N–H and O–H groups in total. The highest BCUT2D eigenvalue weighted by molar-refractivity contribution is 7.99. The molecule has 0 heterocycles. The maximum absolute atomic E-state index is 11.4. The summed E-state index contributed by atoms with van der Waals surface area (Å²) in [5.41, 5.74) is 0. The molecule has 0 saturated carbocycles. The average Bonchev–Trinajstić information content (AvgIpc) is 2.16. The summed E-state index contributed by atoms with van der Waals surface area (Å²) in [6.45, 7) is 7.10. The summed E-state index contributed by atoms with van der Waals surface area (Å²) in [5.74, 6) is 0.248. The molecule has 0 aromatic rings. The quantitative estimate of drug-likeness (QED) is 0.667. The van der Waals surface area contributed by atoms with E-state index >= 15 is 0 Å². The zero-order valence-corrected chi connectivity index (χ0v) is 11.7. The summed E-state index contributed by atoms with van der Waals surface area (Å²) in [7, 11) is -2.87. The van der Waals surface area contributed by atoms with Gasteiger partial charge in [0.1, 0.15) is 0 Å². The fourth-order valence-electron chi connectivity index (χ4n) is 0.998. The normalized spacial score (nSPS) is 14.5. The van der Waals surface area contributed by atoms with Gasteiger partial charge in [-0.05, 0) is 33.1 Å². The average molecular weight is 253 g/mol. The molecule has 0 rings (SSSR count). The van der Waals surface area contributed by atoms with E-state index < -0.39 is 9.84 Å². The summed E-state index contributed by atoms with van der Waals surface area (Å²) in [6.07, 6.45) is 3.18. The predicted octanol–water partition coefficient (Wildman–Crippen LogP) is 1.54. The van der Waals surface area contributed by atoms with E-state index in [1.54, 1.807) is 13.8 Å². The summed E-state index contributed by atoms with van der Waals surface area (Å²) < 4.78 is 22.9. The van der Waals surface area contributed by atoms with Gasteiger partial charge in [0.2, 0.25) is 0 Å². The topological polar surface area (TPSA) is 46.2 Å². The number of nitrogens with one attached hydrogen (secondary N) is 1. The van der Waals surface area contributed by atoms with Crippen LogP contribution in [0.15, 0.2) is 0 Å². The van der Waals surface area contributed by atoms with Crippen molar-refractivity contribution in [2.24, 2.45) is 0 Å². The smallest absolute Gasteiger partial charge is 0.153 e. The minimum Gasteiger partial charge on any atom is -0.316 e. The Kier molecular flexibility index (Phi) is 7.65. The van der Waals surface area contributed by atoms with Crippen molar-refractivity contribution in [3.8, 4) is 0 Å². The zero-order chi connectivity index (χ0) is 11.9. The summed E-state index contributed by atoms with van der Waals surface area (Å²) in [6, 6.07) is 0. The molecule has 0 aliphatic carbocycles. The standard InChI is InChI=1S/C10H23NO2S2/c1-9(2)15(12,13)8-7-11-6-5-10(3)14-4/h9-11H,5-8H2,1-4H3. The molecule has 5 heteroatoms. The second-order valence-electron chi connectivity index (χ2n) is 4.00. The van der Waals surface area contributed by atoms with Crippen molar-refractivity contribution in [2.45, 2.75) is 37.7 Å². The van der Waals surface area contributed by atoms with Crippen molar-refractivity contribution in [3.63, 3.8) is 0 Å². The predicted molar refractivity (Wildman–Crippen MR) is 69.4 cm³/mol. The molecule has 0 aliphatic heterocycles. The number of thioether (sulfide) groups is 1. The Morgan fingerprint density at radius 2 is 1.80 bits per heavy atom. The molecule has 0 aromatic carbocycles. The van der Waals surface area contributed by atoms with Gasteiger partial charge >= 0.3 is 0 Å². The van der Waals surface area contributed by atoms with Crippen LogP contribution in [0.3, 0.4) is 0 Å². The fourth-order valence-corrected chi connectivity index (χ4v) is 2.25. The largest absolute Gasteiger partial charge is 0.316 e. The van der Waals surface area contributed by atoms with Crippen LogP contribution in [0.4, 0.5) is 0 Å². The molecule has 15 heavy (non-hydrogen) atoms. The van der Waals surface area contributed by atoms with Crippen molar-refractivity contribution in [2.75, 3.05) is 25.1 Å². The van der Waals surface area contributed by atoms with Crippen LogP contribution in [0.1, 0.15) is 27.2 Å². The first-order chi connectivity index (χ1) is 6.90. The van der Waals surface area contributed by atoms with Gasteiger partial charge in [-0.25, -0.2) is 8.42 Å². The Hall–Kier alpha value is 0.260. The lowest BCUT2D eigenvalue weighted by molar-refractivity contribution is 0.581. The third kappa shape index (κ3) is 7.19. The lowest BCUT2D eigenvalue weighted by atomic mass is 10.3. The van der Waals surface area contributed by atoms with E-state index in [1.807, 2.05) is 11.8 Å². The van der Waals surface area contributed by atoms with Crippen molar-refractivity contribution in [1.29, 1.82) is 0 Å². The highest BCUT2D eigenvalue weighted by atomic mass is 32.2. The molecule has 1 unspecified atom stereocenters. The van der Waals surface area contributed by atoms with Gasteiger partial charge in [0.05, 0.1) is 11.0 Å². The zero-order valence-electron chi connectivity index (χ0n) is 10.1. The van der Waals surface area contributed by atoms with Crippen LogP contribution in [0, 0.1) is 0 Å². The minimum absolute atomic E-state index is 0.248. The van der Waals surface area contributed by atoms with Gasteiger partial charge in [0.15, 0.2) is 9.84 Å². The van der Waals surface area contributed by atoms with Crippen molar-refractivity contribution >= 4 is 21.6 Å². The van der Waals surface area contributed by atoms with Gasteiger partial charge in [-0.3, -0.25) is 0 Å². The molecular weight excluding hydrogens is 230 g/mol. The van der Waals surface area contributed by atoms with Crippen LogP contribution < -0.4 is 5.32 Å². The van der Waals surface area contributed by atoms with E-state index in [9.17, 15) is 8.42 Å². The Bertz CT molecular complexity index is 250. The molecular formula is C10H23NO2S2. The lowest BCUT2D eigenvalue weighted by Crippen LogP contribution is -2.28. The summed E-state index contributed by atoms with van der Waals surface area (Å²) in [5, 5.41) is 3.55. The van der Waals surface area contributed by atoms with Gasteiger partial charge in [-0.15, -0.1) is 0 Å². The Morgan fingerprint density at radius 1 is 1.20 bits per heavy atom. The van der Waals surface area contributed by atoms with Crippen LogP contribution >= 0.6 is 11.8 Å². The first-order valence-corrected chi connectivity index (χ1v) is 8.35. The van der Waals surface area contributed by atoms with E-state index in [4.69, 9.17) is 0 Å². The minimum atomic E-state index is -2.87. The van der Waals surface area contributed by atoms with Crippen LogP contribution in [0.25, 0.3) is 0 Å². The molecule has 3 nitrogen and oxygen atoms in total. The van der Waals surface area contributed by atoms with Gasteiger partial charge < -0.3 is 5.32 Å². The molecule has 1 atom stereocenters. The van der Waals surface area contributed by atoms with E-state index in [1.165, 1.54) is 0 Å². The van der Waals surface area contributed by atoms with Crippen molar-refractivity contribution in [1.82, 2.24) is 5.32 Å². The van der Waals surface area contributed by atoms with Crippen molar-refractivity contribution in [3.05, 3.63) is 0 Å². The van der Waals surface area contributed by atoms with Gasteiger partial charge in [-0.1, -0.05) is 6.92 Å². The third-order valence-electron chi connectivity index (χ3n) is 2.41. The molecule has 0 spiro atoms. The molecule has 0 fully saturated rings. The Morgan fingerprint density at radius 3 is 2.27 bits per heavy atom. The van der Waals surface area contributed by atoms with Gasteiger partial charge in [-0.2, -0.15) is 11.8 Å². The first-order valence-electron chi connectivity index (χ1n) is 5.35. The second kappa shape index (κ2) is 7.52. The Labute approximate surface area is 98.3 Å². The molecule has 0 aromatic heterocycles. The first kappa shape index (κ1) is 15.3. The van der Waals surface area contributed by atoms with Crippen LogP contribution in [0.5, 0.6) is 0 Å². The molecule has 0 radical (unpaired) electrons. The van der Waals surface area contributed by atoms with Crippen molar-refractivity contribution < 1.29 is 8.42 Å². The number of rotatable bonds is 8. The van der Waals surface area contributed by atoms with Crippen LogP contribution in [0.2, 0.25) is 0 Å². The monoisotopic (exact) mass is 253 g/mol.